The number of hydrogen-bond donors (Lipinski definition) is 1. The number of hydroxylamine groups is 1. The average Bonchev–Trinajstić information content (AvgIpc) is 2.69. The Hall–Kier alpha value is -2.21. The van der Waals surface area contributed by atoms with Crippen LogP contribution in [0.1, 0.15) is 24.0 Å². The van der Waals surface area contributed by atoms with Crippen LogP contribution in [0.4, 0.5) is 0 Å². The third-order valence-electron chi connectivity index (χ3n) is 5.16. The molecule has 2 N–H and O–H groups in total. The fourth-order valence-electron chi connectivity index (χ4n) is 3.65. The first-order valence-corrected chi connectivity index (χ1v) is 8.58. The zero-order valence-corrected chi connectivity index (χ0v) is 14.5. The van der Waals surface area contributed by atoms with Gasteiger partial charge in [0.2, 0.25) is 0 Å². The molecule has 25 heavy (non-hydrogen) atoms. The number of quaternary nitrogens is 1. The first-order chi connectivity index (χ1) is 12.2. The van der Waals surface area contributed by atoms with E-state index in [0.29, 0.717) is 24.1 Å². The molecule has 5 heteroatoms. The Morgan fingerprint density at radius 1 is 1.16 bits per heavy atom. The number of amides is 1. The third kappa shape index (κ3) is 3.74. The predicted molar refractivity (Wildman–Crippen MR) is 95.9 cm³/mol. The molecule has 0 aliphatic carbocycles. The molecule has 0 aromatic heterocycles. The number of nitrogens with zero attached hydrogens (tertiary/aromatic N) is 1. The summed E-state index contributed by atoms with van der Waals surface area (Å²) >= 11 is 0. The molecule has 1 aliphatic rings. The molecule has 0 bridgehead atoms. The molecule has 1 aliphatic heterocycles. The van der Waals surface area contributed by atoms with E-state index in [-0.39, 0.29) is 5.91 Å². The summed E-state index contributed by atoms with van der Waals surface area (Å²) in [5.74, 6) is 0.377. The molecule has 1 amide bonds. The van der Waals surface area contributed by atoms with Crippen molar-refractivity contribution in [2.24, 2.45) is 0 Å². The number of carbonyl (C=O) groups is 1. The molecule has 2 aromatic carbocycles. The zero-order valence-electron chi connectivity index (χ0n) is 14.5. The van der Waals surface area contributed by atoms with Gasteiger partial charge in [-0.3, -0.25) is 4.90 Å². The van der Waals surface area contributed by atoms with Crippen molar-refractivity contribution in [2.45, 2.75) is 24.8 Å². The molecule has 5 nitrogen and oxygen atoms in total. The second-order valence-corrected chi connectivity index (χ2v) is 6.56. The largest absolute Gasteiger partial charge is 0.628 e. The fraction of sp³-hybridized carbons (Fsp3) is 0.350. The molecule has 0 saturated carbocycles. The van der Waals surface area contributed by atoms with E-state index in [1.54, 1.807) is 7.11 Å². The monoisotopic (exact) mass is 340 g/mol. The standard InChI is InChI=1S/C20H24N2O3/c1-25-18-9-5-8-17(14-18)20(19(23)21-24)10-12-22(13-11-20)15-16-6-3-2-4-7-16/h2-9,14H,10-13,15,21H2,1H3. The number of piperidine rings is 1. The molecule has 0 radical (unpaired) electrons. The molecule has 132 valence electrons. The number of carbonyl (C=O) groups excluding carboxylic acids is 1. The highest BCUT2D eigenvalue weighted by Gasteiger charge is 2.44. The highest BCUT2D eigenvalue weighted by atomic mass is 16.5. The minimum absolute atomic E-state index is 0.333. The van der Waals surface area contributed by atoms with Crippen LogP contribution in [0.3, 0.4) is 0 Å². The quantitative estimate of drug-likeness (QED) is 0.843. The van der Waals surface area contributed by atoms with E-state index in [1.165, 1.54) is 5.56 Å². The number of rotatable bonds is 5. The van der Waals surface area contributed by atoms with Crippen LogP contribution in [0.5, 0.6) is 5.75 Å². The Morgan fingerprint density at radius 2 is 1.88 bits per heavy atom. The number of primary amides is 1. The Balaban J connectivity index is 1.78. The van der Waals surface area contributed by atoms with Gasteiger partial charge in [-0.15, -0.1) is 0 Å². The molecule has 1 heterocycles. The number of ether oxygens (including phenoxy) is 1. The van der Waals surface area contributed by atoms with Crippen molar-refractivity contribution >= 4 is 5.91 Å². The highest BCUT2D eigenvalue weighted by molar-refractivity contribution is 5.80. The van der Waals surface area contributed by atoms with Gasteiger partial charge in [0.05, 0.1) is 7.11 Å². The minimum Gasteiger partial charge on any atom is -0.628 e. The summed E-state index contributed by atoms with van der Waals surface area (Å²) in [4.78, 5) is 14.9. The van der Waals surface area contributed by atoms with Gasteiger partial charge >= 0.3 is 5.91 Å². The van der Waals surface area contributed by atoms with E-state index in [2.05, 4.69) is 17.0 Å². The maximum atomic E-state index is 12.5. The van der Waals surface area contributed by atoms with Crippen LogP contribution in [-0.2, 0) is 16.8 Å². The Labute approximate surface area is 148 Å². The molecule has 0 spiro atoms. The van der Waals surface area contributed by atoms with E-state index in [0.717, 1.165) is 25.2 Å². The van der Waals surface area contributed by atoms with Crippen molar-refractivity contribution in [3.8, 4) is 5.75 Å². The van der Waals surface area contributed by atoms with E-state index >= 15 is 0 Å². The molecule has 0 unspecified atom stereocenters. The average molecular weight is 340 g/mol. The topological polar surface area (TPSA) is 69.2 Å². The predicted octanol–water partition coefficient (Wildman–Crippen LogP) is 1.82. The molecule has 1 fully saturated rings. The smallest absolute Gasteiger partial charge is 0.321 e. The Bertz CT molecular complexity index is 710. The summed E-state index contributed by atoms with van der Waals surface area (Å²) in [7, 11) is 1.61. The number of methoxy groups -OCH3 is 1. The number of hydrogen-bond acceptors (Lipinski definition) is 4. The third-order valence-corrected chi connectivity index (χ3v) is 5.16. The Kier molecular flexibility index (Phi) is 5.48. The molecular formula is C20H24N2O3. The van der Waals surface area contributed by atoms with Crippen molar-refractivity contribution in [2.75, 3.05) is 20.2 Å². The number of nitrogens with two attached hydrogens (primary N) is 1. The van der Waals surface area contributed by atoms with Crippen molar-refractivity contribution in [1.82, 2.24) is 4.90 Å². The zero-order chi connectivity index (χ0) is 17.7. The maximum absolute atomic E-state index is 12.5. The molecule has 1 saturated heterocycles. The van der Waals surface area contributed by atoms with Gasteiger partial charge in [-0.25, -0.2) is 4.79 Å². The molecule has 2 aromatic rings. The van der Waals surface area contributed by atoms with Crippen LogP contribution in [0.25, 0.3) is 0 Å². The van der Waals surface area contributed by atoms with E-state index in [4.69, 9.17) is 4.74 Å². The normalized spacial score (nSPS) is 17.2. The van der Waals surface area contributed by atoms with Crippen LogP contribution in [0, 0.1) is 5.21 Å². The van der Waals surface area contributed by atoms with Crippen LogP contribution < -0.4 is 10.2 Å². The second kappa shape index (κ2) is 7.78. The van der Waals surface area contributed by atoms with Gasteiger partial charge in [0.1, 0.15) is 11.2 Å². The van der Waals surface area contributed by atoms with E-state index < -0.39 is 5.41 Å². The van der Waals surface area contributed by atoms with Crippen LogP contribution >= 0.6 is 0 Å². The fourth-order valence-corrected chi connectivity index (χ4v) is 3.65. The van der Waals surface area contributed by atoms with Crippen LogP contribution in [0.15, 0.2) is 54.6 Å². The number of likely N-dealkylation sites (tertiary alicyclic amines) is 1. The lowest BCUT2D eigenvalue weighted by Gasteiger charge is -2.39. The molecule has 3 rings (SSSR count). The summed E-state index contributed by atoms with van der Waals surface area (Å²) in [6.45, 7) is 2.43. The highest BCUT2D eigenvalue weighted by Crippen LogP contribution is 2.37. The van der Waals surface area contributed by atoms with Crippen molar-refractivity contribution in [3.63, 3.8) is 0 Å². The summed E-state index contributed by atoms with van der Waals surface area (Å²) in [6.07, 6.45) is 1.29. The summed E-state index contributed by atoms with van der Waals surface area (Å²) in [5, 5.41) is 11.3. The van der Waals surface area contributed by atoms with Crippen LogP contribution in [0.2, 0.25) is 0 Å². The molecule has 0 atom stereocenters. The second-order valence-electron chi connectivity index (χ2n) is 6.56. The van der Waals surface area contributed by atoms with Gasteiger partial charge in [0.25, 0.3) is 0 Å². The summed E-state index contributed by atoms with van der Waals surface area (Å²) < 4.78 is 5.29. The van der Waals surface area contributed by atoms with Gasteiger partial charge in [-0.05, 0) is 36.1 Å². The van der Waals surface area contributed by atoms with Gasteiger partial charge < -0.3 is 15.4 Å². The van der Waals surface area contributed by atoms with E-state index in [1.807, 2.05) is 42.5 Å². The summed E-state index contributed by atoms with van der Waals surface area (Å²) in [5.41, 5.74) is 1.89. The van der Waals surface area contributed by atoms with Crippen molar-refractivity contribution < 1.29 is 15.0 Å². The van der Waals surface area contributed by atoms with Gasteiger partial charge in [0, 0.05) is 19.6 Å². The first kappa shape index (κ1) is 17.6. The van der Waals surface area contributed by atoms with Crippen LogP contribution in [-0.4, -0.2) is 31.0 Å². The van der Waals surface area contributed by atoms with Crippen molar-refractivity contribution in [3.05, 3.63) is 70.9 Å². The minimum atomic E-state index is -0.733. The number of benzene rings is 2. The lowest BCUT2D eigenvalue weighted by molar-refractivity contribution is -0.506. The maximum Gasteiger partial charge on any atom is 0.321 e. The van der Waals surface area contributed by atoms with Gasteiger partial charge in [-0.1, -0.05) is 42.5 Å². The SMILES string of the molecule is COc1cccc(C2(C(=O)[NH2+][O-])CCN(Cc3ccccc3)CC2)c1. The van der Waals surface area contributed by atoms with Gasteiger partial charge in [-0.2, -0.15) is 0 Å². The molecular weight excluding hydrogens is 316 g/mol. The van der Waals surface area contributed by atoms with E-state index in [9.17, 15) is 10.0 Å². The van der Waals surface area contributed by atoms with Gasteiger partial charge in [0.15, 0.2) is 0 Å². The Morgan fingerprint density at radius 3 is 2.52 bits per heavy atom. The lowest BCUT2D eigenvalue weighted by atomic mass is 9.72. The first-order valence-electron chi connectivity index (χ1n) is 8.58. The van der Waals surface area contributed by atoms with Crippen molar-refractivity contribution in [1.29, 1.82) is 0 Å². The lowest BCUT2D eigenvalue weighted by Crippen LogP contribution is -2.86. The summed E-state index contributed by atoms with van der Waals surface area (Å²) in [6, 6.07) is 17.9.